The lowest BCUT2D eigenvalue weighted by Gasteiger charge is -2.26. The highest BCUT2D eigenvalue weighted by Crippen LogP contribution is 2.22. The molecule has 2 fully saturated rings. The molecule has 0 radical (unpaired) electrons. The lowest BCUT2D eigenvalue weighted by Crippen LogP contribution is -2.44. The first-order valence-electron chi connectivity index (χ1n) is 8.71. The normalized spacial score (nSPS) is 22.0. The number of nitrogens with two attached hydrogens (primary N) is 1. The van der Waals surface area contributed by atoms with Crippen LogP contribution in [-0.4, -0.2) is 44.5 Å². The van der Waals surface area contributed by atoms with Crippen molar-refractivity contribution in [1.82, 2.24) is 0 Å². The van der Waals surface area contributed by atoms with Gasteiger partial charge >= 0.3 is 0 Å². The molecule has 0 aliphatic carbocycles. The number of hydrogen-bond acceptors (Lipinski definition) is 5. The summed E-state index contributed by atoms with van der Waals surface area (Å²) >= 11 is 0. The molecule has 1 amide bonds. The molecule has 0 aromatic heterocycles. The predicted molar refractivity (Wildman–Crippen MR) is 98.3 cm³/mol. The second kappa shape index (κ2) is 9.97. The third kappa shape index (κ3) is 5.85. The summed E-state index contributed by atoms with van der Waals surface area (Å²) in [5.41, 5.74) is 6.81. The van der Waals surface area contributed by atoms with Crippen LogP contribution >= 0.6 is 12.4 Å². The number of halogens is 1. The molecule has 0 spiro atoms. The Morgan fingerprint density at radius 3 is 2.80 bits per heavy atom. The van der Waals surface area contributed by atoms with E-state index in [1.807, 2.05) is 24.3 Å². The summed E-state index contributed by atoms with van der Waals surface area (Å²) in [6, 6.07) is 6.89. The maximum absolute atomic E-state index is 12.4. The number of hydrogen-bond donors (Lipinski definition) is 2. The Bertz CT molecular complexity index is 546. The molecule has 0 bridgehead atoms. The van der Waals surface area contributed by atoms with Gasteiger partial charge in [-0.05, 0) is 43.7 Å². The summed E-state index contributed by atoms with van der Waals surface area (Å²) in [7, 11) is 0. The molecule has 3 rings (SSSR count). The zero-order chi connectivity index (χ0) is 16.8. The van der Waals surface area contributed by atoms with Crippen LogP contribution in [0.5, 0.6) is 5.75 Å². The summed E-state index contributed by atoms with van der Waals surface area (Å²) in [6.45, 7) is 2.71. The van der Waals surface area contributed by atoms with E-state index in [1.165, 1.54) is 0 Å². The molecule has 25 heavy (non-hydrogen) atoms. The fourth-order valence-corrected chi connectivity index (χ4v) is 3.14. The lowest BCUT2D eigenvalue weighted by atomic mass is 9.92. The third-order valence-corrected chi connectivity index (χ3v) is 4.64. The second-order valence-corrected chi connectivity index (χ2v) is 6.44. The average molecular weight is 371 g/mol. The molecule has 7 heteroatoms. The van der Waals surface area contributed by atoms with E-state index in [1.54, 1.807) is 0 Å². The Morgan fingerprint density at radius 2 is 2.08 bits per heavy atom. The van der Waals surface area contributed by atoms with Gasteiger partial charge in [0.2, 0.25) is 5.91 Å². The molecular weight excluding hydrogens is 344 g/mol. The number of amides is 1. The molecule has 2 aliphatic rings. The zero-order valence-corrected chi connectivity index (χ0v) is 15.1. The van der Waals surface area contributed by atoms with E-state index >= 15 is 0 Å². The van der Waals surface area contributed by atoms with Crippen molar-refractivity contribution in [2.75, 3.05) is 31.7 Å². The molecule has 0 saturated carbocycles. The van der Waals surface area contributed by atoms with Crippen molar-refractivity contribution in [3.8, 4) is 5.75 Å². The van der Waals surface area contributed by atoms with Gasteiger partial charge in [-0.3, -0.25) is 4.79 Å². The zero-order valence-electron chi connectivity index (χ0n) is 14.3. The summed E-state index contributed by atoms with van der Waals surface area (Å²) < 4.78 is 16.6. The minimum atomic E-state index is -0.509. The largest absolute Gasteiger partial charge is 0.491 e. The highest BCUT2D eigenvalue weighted by atomic mass is 35.5. The monoisotopic (exact) mass is 370 g/mol. The van der Waals surface area contributed by atoms with Crippen molar-refractivity contribution in [3.63, 3.8) is 0 Å². The Balaban J connectivity index is 0.00000225. The second-order valence-electron chi connectivity index (χ2n) is 6.44. The fourth-order valence-electron chi connectivity index (χ4n) is 3.14. The van der Waals surface area contributed by atoms with Crippen LogP contribution in [0, 0.1) is 5.92 Å². The standard InChI is InChI=1S/C18H26N2O4.ClH/c19-17(13-6-9-22-10-7-13)18(21)20-14-3-1-4-15(11-14)24-12-16-5-2-8-23-16;/h1,3-4,11,13,16-17H,2,5-10,12,19H2,(H,20,21);1H. The van der Waals surface area contributed by atoms with Gasteiger partial charge in [0, 0.05) is 31.6 Å². The summed E-state index contributed by atoms with van der Waals surface area (Å²) in [5.74, 6) is 0.749. The Hall–Kier alpha value is -1.34. The van der Waals surface area contributed by atoms with Crippen LogP contribution in [0.2, 0.25) is 0 Å². The third-order valence-electron chi connectivity index (χ3n) is 4.64. The minimum absolute atomic E-state index is 0. The van der Waals surface area contributed by atoms with Crippen LogP contribution in [0.3, 0.4) is 0 Å². The van der Waals surface area contributed by atoms with Gasteiger partial charge in [0.05, 0.1) is 12.1 Å². The number of ether oxygens (including phenoxy) is 3. The molecule has 2 heterocycles. The first kappa shape index (κ1) is 20.0. The number of carbonyl (C=O) groups is 1. The van der Waals surface area contributed by atoms with Gasteiger partial charge in [0.15, 0.2) is 0 Å². The number of nitrogens with one attached hydrogen (secondary N) is 1. The van der Waals surface area contributed by atoms with Gasteiger partial charge in [0.25, 0.3) is 0 Å². The molecule has 2 aliphatic heterocycles. The van der Waals surface area contributed by atoms with Crippen LogP contribution in [0.4, 0.5) is 5.69 Å². The van der Waals surface area contributed by atoms with E-state index in [4.69, 9.17) is 19.9 Å². The van der Waals surface area contributed by atoms with E-state index in [9.17, 15) is 4.79 Å². The maximum Gasteiger partial charge on any atom is 0.241 e. The Kier molecular flexibility index (Phi) is 7.96. The molecule has 2 saturated heterocycles. The molecule has 3 N–H and O–H groups in total. The molecule has 140 valence electrons. The van der Waals surface area contributed by atoms with Gasteiger partial charge < -0.3 is 25.3 Å². The topological polar surface area (TPSA) is 82.8 Å². The van der Waals surface area contributed by atoms with Gasteiger partial charge in [-0.2, -0.15) is 0 Å². The first-order chi connectivity index (χ1) is 11.7. The summed E-state index contributed by atoms with van der Waals surface area (Å²) in [4.78, 5) is 12.4. The number of anilines is 1. The summed E-state index contributed by atoms with van der Waals surface area (Å²) in [5, 5.41) is 2.89. The van der Waals surface area contributed by atoms with Crippen molar-refractivity contribution >= 4 is 24.0 Å². The quantitative estimate of drug-likeness (QED) is 0.803. The van der Waals surface area contributed by atoms with Crippen molar-refractivity contribution in [2.45, 2.75) is 37.8 Å². The van der Waals surface area contributed by atoms with Gasteiger partial charge in [0.1, 0.15) is 12.4 Å². The van der Waals surface area contributed by atoms with Crippen molar-refractivity contribution in [2.24, 2.45) is 11.7 Å². The van der Waals surface area contributed by atoms with E-state index in [0.29, 0.717) is 25.5 Å². The van der Waals surface area contributed by atoms with Crippen molar-refractivity contribution in [3.05, 3.63) is 24.3 Å². The van der Waals surface area contributed by atoms with Gasteiger partial charge in [-0.25, -0.2) is 0 Å². The van der Waals surface area contributed by atoms with Crippen molar-refractivity contribution in [1.29, 1.82) is 0 Å². The number of rotatable bonds is 6. The SMILES string of the molecule is Cl.NC(C(=O)Nc1cccc(OCC2CCCO2)c1)C1CCOCC1. The Morgan fingerprint density at radius 1 is 1.28 bits per heavy atom. The van der Waals surface area contributed by atoms with E-state index < -0.39 is 6.04 Å². The highest BCUT2D eigenvalue weighted by Gasteiger charge is 2.26. The molecule has 1 aromatic carbocycles. The van der Waals surface area contributed by atoms with Crippen molar-refractivity contribution < 1.29 is 19.0 Å². The van der Waals surface area contributed by atoms with Crippen LogP contribution < -0.4 is 15.8 Å². The first-order valence-corrected chi connectivity index (χ1v) is 8.71. The van der Waals surface area contributed by atoms with Crippen LogP contribution in [0.1, 0.15) is 25.7 Å². The predicted octanol–water partition coefficient (Wildman–Crippen LogP) is 2.36. The van der Waals surface area contributed by atoms with Crippen LogP contribution in [0.15, 0.2) is 24.3 Å². The van der Waals surface area contributed by atoms with E-state index in [2.05, 4.69) is 5.32 Å². The molecule has 1 aromatic rings. The summed E-state index contributed by atoms with van der Waals surface area (Å²) in [6.07, 6.45) is 3.97. The highest BCUT2D eigenvalue weighted by molar-refractivity contribution is 5.95. The molecule has 6 nitrogen and oxygen atoms in total. The number of benzene rings is 1. The van der Waals surface area contributed by atoms with Gasteiger partial charge in [-0.1, -0.05) is 6.07 Å². The molecular formula is C18H27ClN2O4. The van der Waals surface area contributed by atoms with E-state index in [0.717, 1.165) is 38.0 Å². The van der Waals surface area contributed by atoms with Crippen LogP contribution in [0.25, 0.3) is 0 Å². The minimum Gasteiger partial charge on any atom is -0.491 e. The number of carbonyl (C=O) groups excluding carboxylic acids is 1. The fraction of sp³-hybridized carbons (Fsp3) is 0.611. The smallest absolute Gasteiger partial charge is 0.241 e. The molecule has 2 unspecified atom stereocenters. The molecule has 2 atom stereocenters. The lowest BCUT2D eigenvalue weighted by molar-refractivity contribution is -0.119. The van der Waals surface area contributed by atoms with Gasteiger partial charge in [-0.15, -0.1) is 12.4 Å². The average Bonchev–Trinajstić information content (AvgIpc) is 3.14. The van der Waals surface area contributed by atoms with E-state index in [-0.39, 0.29) is 30.3 Å². The Labute approximate surface area is 154 Å². The maximum atomic E-state index is 12.4. The van der Waals surface area contributed by atoms with Crippen LogP contribution in [-0.2, 0) is 14.3 Å².